The Hall–Kier alpha value is -2.80. The molecule has 0 saturated carbocycles. The van der Waals surface area contributed by atoms with Gasteiger partial charge in [0.25, 0.3) is 0 Å². The summed E-state index contributed by atoms with van der Waals surface area (Å²) in [4.78, 5) is 10.6. The van der Waals surface area contributed by atoms with Gasteiger partial charge in [0.2, 0.25) is 0 Å². The average molecular weight is 238 g/mol. The van der Waals surface area contributed by atoms with Crippen molar-refractivity contribution in [1.29, 1.82) is 5.26 Å². The molecule has 0 saturated heterocycles. The fourth-order valence-electron chi connectivity index (χ4n) is 1.65. The first-order valence-electron chi connectivity index (χ1n) is 5.27. The number of carbonyl (C=O) groups is 1. The molecule has 2 aromatic rings. The van der Waals surface area contributed by atoms with Crippen molar-refractivity contribution in [3.8, 4) is 22.9 Å². The van der Waals surface area contributed by atoms with Crippen LogP contribution in [0.25, 0.3) is 11.1 Å². The fourth-order valence-corrected chi connectivity index (χ4v) is 1.65. The van der Waals surface area contributed by atoms with E-state index in [9.17, 15) is 4.79 Å². The summed E-state index contributed by atoms with van der Waals surface area (Å²) in [7, 11) is 0. The Morgan fingerprint density at radius 1 is 1.11 bits per heavy atom. The van der Waals surface area contributed by atoms with Crippen molar-refractivity contribution < 1.29 is 9.53 Å². The number of ether oxygens (including phenoxy) is 1. The van der Waals surface area contributed by atoms with E-state index in [-0.39, 0.29) is 0 Å². The van der Waals surface area contributed by atoms with Crippen LogP contribution < -0.4 is 10.5 Å². The molecule has 2 N–H and O–H groups in total. The van der Waals surface area contributed by atoms with Crippen molar-refractivity contribution in [2.45, 2.75) is 0 Å². The van der Waals surface area contributed by atoms with Crippen LogP contribution in [0.15, 0.2) is 48.5 Å². The Morgan fingerprint density at radius 2 is 1.78 bits per heavy atom. The second-order valence-electron chi connectivity index (χ2n) is 3.60. The molecule has 0 fully saturated rings. The van der Waals surface area contributed by atoms with Gasteiger partial charge < -0.3 is 10.5 Å². The molecule has 0 spiro atoms. The summed E-state index contributed by atoms with van der Waals surface area (Å²) in [6.45, 7) is 0. The summed E-state index contributed by atoms with van der Waals surface area (Å²) < 4.78 is 4.74. The second-order valence-corrected chi connectivity index (χ2v) is 3.60. The molecule has 0 heterocycles. The molecule has 88 valence electrons. The van der Waals surface area contributed by atoms with E-state index in [1.165, 1.54) is 0 Å². The molecule has 1 amide bonds. The molecular formula is C14H10N2O2. The number of nitrogens with two attached hydrogens (primary N) is 1. The Balaban J connectivity index is 2.35. The van der Waals surface area contributed by atoms with Gasteiger partial charge in [0.15, 0.2) is 0 Å². The largest absolute Gasteiger partial charge is 0.411 e. The highest BCUT2D eigenvalue weighted by molar-refractivity contribution is 5.72. The maximum atomic E-state index is 10.6. The molecule has 0 aromatic heterocycles. The number of hydrogen-bond acceptors (Lipinski definition) is 3. The molecule has 0 unspecified atom stereocenters. The lowest BCUT2D eigenvalue weighted by molar-refractivity contribution is 0.211. The molecule has 0 aliphatic rings. The number of benzene rings is 2. The van der Waals surface area contributed by atoms with Crippen LogP contribution in [0.3, 0.4) is 0 Å². The minimum absolute atomic E-state index is 0.376. The zero-order valence-corrected chi connectivity index (χ0v) is 9.46. The van der Waals surface area contributed by atoms with E-state index in [1.54, 1.807) is 30.3 Å². The molecule has 4 heteroatoms. The molecule has 0 bridgehead atoms. The van der Waals surface area contributed by atoms with Crippen LogP contribution in [0.5, 0.6) is 5.75 Å². The first-order valence-corrected chi connectivity index (χ1v) is 5.27. The van der Waals surface area contributed by atoms with E-state index < -0.39 is 6.09 Å². The van der Waals surface area contributed by atoms with Gasteiger partial charge in [0.05, 0.1) is 11.6 Å². The Morgan fingerprint density at radius 3 is 2.39 bits per heavy atom. The molecule has 0 atom stereocenters. The number of carbonyl (C=O) groups excluding carboxylic acids is 1. The van der Waals surface area contributed by atoms with Gasteiger partial charge in [-0.15, -0.1) is 0 Å². The highest BCUT2D eigenvalue weighted by atomic mass is 16.5. The summed E-state index contributed by atoms with van der Waals surface area (Å²) in [5.74, 6) is 0.376. The van der Waals surface area contributed by atoms with E-state index in [0.29, 0.717) is 11.3 Å². The summed E-state index contributed by atoms with van der Waals surface area (Å²) in [5, 5.41) is 9.02. The minimum atomic E-state index is -0.847. The van der Waals surface area contributed by atoms with Gasteiger partial charge in [0, 0.05) is 0 Å². The van der Waals surface area contributed by atoms with Gasteiger partial charge in [-0.3, -0.25) is 0 Å². The van der Waals surface area contributed by atoms with Crippen LogP contribution >= 0.6 is 0 Å². The summed E-state index contributed by atoms with van der Waals surface area (Å²) >= 11 is 0. The van der Waals surface area contributed by atoms with Crippen LogP contribution in [0.1, 0.15) is 5.56 Å². The van der Waals surface area contributed by atoms with Gasteiger partial charge >= 0.3 is 6.09 Å². The quantitative estimate of drug-likeness (QED) is 0.873. The SMILES string of the molecule is N#Cc1ccccc1-c1ccc(OC(N)=O)cc1. The van der Waals surface area contributed by atoms with Crippen molar-refractivity contribution in [2.75, 3.05) is 0 Å². The highest BCUT2D eigenvalue weighted by Crippen LogP contribution is 2.25. The third-order valence-corrected chi connectivity index (χ3v) is 2.43. The van der Waals surface area contributed by atoms with Gasteiger partial charge in [0.1, 0.15) is 5.75 Å². The molecule has 2 rings (SSSR count). The van der Waals surface area contributed by atoms with Gasteiger partial charge in [-0.25, -0.2) is 4.79 Å². The Labute approximate surface area is 104 Å². The standard InChI is InChI=1S/C14H10N2O2/c15-9-11-3-1-2-4-13(11)10-5-7-12(8-6-10)18-14(16)17/h1-8H,(H2,16,17). The van der Waals surface area contributed by atoms with E-state index in [0.717, 1.165) is 11.1 Å². The van der Waals surface area contributed by atoms with Gasteiger partial charge in [-0.2, -0.15) is 5.26 Å². The first-order chi connectivity index (χ1) is 8.70. The van der Waals surface area contributed by atoms with E-state index in [4.69, 9.17) is 15.7 Å². The summed E-state index contributed by atoms with van der Waals surface area (Å²) in [6.07, 6.45) is -0.847. The lowest BCUT2D eigenvalue weighted by Gasteiger charge is -2.05. The van der Waals surface area contributed by atoms with E-state index in [1.807, 2.05) is 18.2 Å². The zero-order chi connectivity index (χ0) is 13.0. The monoisotopic (exact) mass is 238 g/mol. The minimum Gasteiger partial charge on any atom is -0.411 e. The van der Waals surface area contributed by atoms with Crippen LogP contribution in [0.4, 0.5) is 4.79 Å². The zero-order valence-electron chi connectivity index (χ0n) is 9.46. The van der Waals surface area contributed by atoms with Crippen LogP contribution in [-0.2, 0) is 0 Å². The molecule has 0 radical (unpaired) electrons. The topological polar surface area (TPSA) is 76.1 Å². The van der Waals surface area contributed by atoms with Crippen molar-refractivity contribution >= 4 is 6.09 Å². The summed E-state index contributed by atoms with van der Waals surface area (Å²) in [6, 6.07) is 16.2. The van der Waals surface area contributed by atoms with Gasteiger partial charge in [-0.05, 0) is 29.3 Å². The van der Waals surface area contributed by atoms with E-state index >= 15 is 0 Å². The number of nitrogens with zero attached hydrogens (tertiary/aromatic N) is 1. The van der Waals surface area contributed by atoms with Crippen molar-refractivity contribution in [2.24, 2.45) is 5.73 Å². The molecule has 18 heavy (non-hydrogen) atoms. The second kappa shape index (κ2) is 5.02. The maximum absolute atomic E-state index is 10.6. The lowest BCUT2D eigenvalue weighted by atomic mass is 10.0. The fraction of sp³-hybridized carbons (Fsp3) is 0. The van der Waals surface area contributed by atoms with Crippen LogP contribution in [0.2, 0.25) is 0 Å². The predicted molar refractivity (Wildman–Crippen MR) is 66.8 cm³/mol. The molecule has 0 aliphatic heterocycles. The summed E-state index contributed by atoms with van der Waals surface area (Å²) in [5.41, 5.74) is 7.23. The number of nitriles is 1. The third kappa shape index (κ3) is 2.47. The number of hydrogen-bond donors (Lipinski definition) is 1. The maximum Gasteiger partial charge on any atom is 0.409 e. The molecule has 0 aliphatic carbocycles. The molecule has 4 nitrogen and oxygen atoms in total. The Bertz CT molecular complexity index is 612. The molecule has 2 aromatic carbocycles. The lowest BCUT2D eigenvalue weighted by Crippen LogP contribution is -2.16. The van der Waals surface area contributed by atoms with Crippen molar-refractivity contribution in [3.63, 3.8) is 0 Å². The van der Waals surface area contributed by atoms with Crippen molar-refractivity contribution in [1.82, 2.24) is 0 Å². The van der Waals surface area contributed by atoms with E-state index in [2.05, 4.69) is 6.07 Å². The number of rotatable bonds is 2. The average Bonchev–Trinajstić information content (AvgIpc) is 2.39. The predicted octanol–water partition coefficient (Wildman–Crippen LogP) is 2.68. The Kier molecular flexibility index (Phi) is 3.26. The van der Waals surface area contributed by atoms with Crippen LogP contribution in [0, 0.1) is 11.3 Å². The van der Waals surface area contributed by atoms with Gasteiger partial charge in [-0.1, -0.05) is 30.3 Å². The smallest absolute Gasteiger partial charge is 0.409 e. The highest BCUT2D eigenvalue weighted by Gasteiger charge is 2.04. The number of primary amides is 1. The molecular weight excluding hydrogens is 228 g/mol. The third-order valence-electron chi connectivity index (χ3n) is 2.43. The number of amides is 1. The van der Waals surface area contributed by atoms with Crippen LogP contribution in [-0.4, -0.2) is 6.09 Å². The van der Waals surface area contributed by atoms with Crippen molar-refractivity contribution in [3.05, 3.63) is 54.1 Å². The normalized spacial score (nSPS) is 9.50. The first kappa shape index (κ1) is 11.7.